The number of carbonyl (C=O) groups is 2. The molecule has 1 fully saturated rings. The van der Waals surface area contributed by atoms with Gasteiger partial charge in [-0.05, 0) is 47.8 Å². The highest BCUT2D eigenvalue weighted by Crippen LogP contribution is 2.41. The second kappa shape index (κ2) is 9.03. The monoisotopic (exact) mass is 465 g/mol. The zero-order valence-electron chi connectivity index (χ0n) is 20.5. The molecule has 1 aromatic rings. The number of nitrogens with zero attached hydrogens (tertiary/aromatic N) is 5. The summed E-state index contributed by atoms with van der Waals surface area (Å²) in [6.07, 6.45) is -0.421. The maximum Gasteiger partial charge on any atom is 0.514 e. The summed E-state index contributed by atoms with van der Waals surface area (Å²) in [5.74, 6) is -0.498. The van der Waals surface area contributed by atoms with Crippen molar-refractivity contribution in [2.75, 3.05) is 58.3 Å². The molecule has 184 valence electrons. The summed E-state index contributed by atoms with van der Waals surface area (Å²) >= 11 is 0. The molecule has 0 bridgehead atoms. The van der Waals surface area contributed by atoms with Crippen LogP contribution in [0.3, 0.4) is 0 Å². The van der Waals surface area contributed by atoms with Gasteiger partial charge in [-0.3, -0.25) is 0 Å². The molecular weight excluding hydrogens is 428 g/mol. The minimum absolute atomic E-state index is 0.0138. The first-order chi connectivity index (χ1) is 15.3. The molecule has 0 radical (unpaired) electrons. The molecule has 33 heavy (non-hydrogen) atoms. The molecule has 0 aromatic carbocycles. The number of anilines is 1. The van der Waals surface area contributed by atoms with Crippen molar-refractivity contribution in [1.82, 2.24) is 20.2 Å². The quantitative estimate of drug-likeness (QED) is 0.524. The molecule has 1 saturated heterocycles. The van der Waals surface area contributed by atoms with E-state index in [1.54, 1.807) is 20.8 Å². The van der Waals surface area contributed by atoms with E-state index in [2.05, 4.69) is 15.3 Å². The number of piperazine rings is 1. The Morgan fingerprint density at radius 2 is 1.97 bits per heavy atom. The molecule has 2 atom stereocenters. The lowest BCUT2D eigenvalue weighted by Crippen LogP contribution is -2.82. The lowest BCUT2D eigenvalue weighted by atomic mass is 9.85. The van der Waals surface area contributed by atoms with Gasteiger partial charge in [-0.25, -0.2) is 9.28 Å². The zero-order valence-corrected chi connectivity index (χ0v) is 20.5. The molecule has 0 saturated carbocycles. The second-order valence-corrected chi connectivity index (χ2v) is 10.3. The van der Waals surface area contributed by atoms with Crippen LogP contribution in [0, 0.1) is 0 Å². The van der Waals surface area contributed by atoms with Crippen LogP contribution in [0.2, 0.25) is 0 Å². The van der Waals surface area contributed by atoms with Crippen LogP contribution < -0.4 is 15.0 Å². The number of carboxylic acid groups (broad SMARTS) is 2. The van der Waals surface area contributed by atoms with Crippen molar-refractivity contribution in [2.24, 2.45) is 0 Å². The van der Waals surface area contributed by atoms with Gasteiger partial charge in [0.2, 0.25) is 5.54 Å². The third kappa shape index (κ3) is 4.36. The van der Waals surface area contributed by atoms with Crippen LogP contribution in [0.5, 0.6) is 6.01 Å². The summed E-state index contributed by atoms with van der Waals surface area (Å²) in [5, 5.41) is 23.9. The molecule has 3 N–H and O–H groups in total. The van der Waals surface area contributed by atoms with Crippen molar-refractivity contribution < 1.29 is 29.0 Å². The predicted octanol–water partition coefficient (Wildman–Crippen LogP) is 1.02. The van der Waals surface area contributed by atoms with Crippen molar-refractivity contribution in [3.05, 3.63) is 11.3 Å². The van der Waals surface area contributed by atoms with E-state index in [1.165, 1.54) is 6.92 Å². The van der Waals surface area contributed by atoms with E-state index in [4.69, 9.17) is 4.74 Å². The second-order valence-electron chi connectivity index (χ2n) is 10.3. The first-order valence-corrected chi connectivity index (χ1v) is 11.3. The summed E-state index contributed by atoms with van der Waals surface area (Å²) in [4.78, 5) is 38.4. The number of likely N-dealkylation sites (N-methyl/N-ethyl adjacent to an activating group) is 1. The zero-order chi connectivity index (χ0) is 24.6. The topological polar surface area (TPSA) is 128 Å². The van der Waals surface area contributed by atoms with Crippen LogP contribution in [-0.4, -0.2) is 106 Å². The first-order valence-electron chi connectivity index (χ1n) is 11.3. The van der Waals surface area contributed by atoms with Crippen molar-refractivity contribution in [3.8, 4) is 6.01 Å². The molecule has 11 heteroatoms. The molecular formula is C22H37N6O5+. The summed E-state index contributed by atoms with van der Waals surface area (Å²) in [7, 11) is 3.91. The van der Waals surface area contributed by atoms with E-state index in [9.17, 15) is 19.8 Å². The van der Waals surface area contributed by atoms with Gasteiger partial charge in [-0.15, -0.1) is 0 Å². The Labute approximate surface area is 194 Å². The number of fused-ring (bicyclic) bond motifs is 1. The molecule has 2 unspecified atom stereocenters. The predicted molar refractivity (Wildman–Crippen MR) is 123 cm³/mol. The Hall–Kier alpha value is -2.50. The Morgan fingerprint density at radius 3 is 2.55 bits per heavy atom. The Morgan fingerprint density at radius 1 is 1.27 bits per heavy atom. The SMILES string of the molecule is CN(C)CCOc1nc2c(c(N3CC[N+](C(=O)O)(C(C)(C)C)C(C)(C(=O)O)C3)n1)CCNC2. The van der Waals surface area contributed by atoms with Crippen LogP contribution in [0.4, 0.5) is 10.6 Å². The van der Waals surface area contributed by atoms with E-state index in [1.807, 2.05) is 23.9 Å². The summed E-state index contributed by atoms with van der Waals surface area (Å²) in [6.45, 7) is 9.88. The van der Waals surface area contributed by atoms with Gasteiger partial charge in [-0.2, -0.15) is 14.8 Å². The highest BCUT2D eigenvalue weighted by Gasteiger charge is 2.67. The fourth-order valence-electron chi connectivity index (χ4n) is 5.13. The van der Waals surface area contributed by atoms with Crippen LogP contribution in [0.25, 0.3) is 0 Å². The van der Waals surface area contributed by atoms with Crippen molar-refractivity contribution in [1.29, 1.82) is 0 Å². The maximum absolute atomic E-state index is 12.6. The average molecular weight is 466 g/mol. The third-order valence-corrected chi connectivity index (χ3v) is 6.94. The lowest BCUT2D eigenvalue weighted by Gasteiger charge is -2.56. The molecule has 3 rings (SSSR count). The fraction of sp³-hybridized carbons (Fsp3) is 0.727. The highest BCUT2D eigenvalue weighted by atomic mass is 16.5. The van der Waals surface area contributed by atoms with Gasteiger partial charge in [0, 0.05) is 25.6 Å². The van der Waals surface area contributed by atoms with E-state index in [0.717, 1.165) is 17.8 Å². The summed E-state index contributed by atoms with van der Waals surface area (Å²) in [6, 6.07) is 0.256. The van der Waals surface area contributed by atoms with Gasteiger partial charge < -0.3 is 30.1 Å². The normalized spacial score (nSPS) is 25.6. The molecule has 11 nitrogen and oxygen atoms in total. The van der Waals surface area contributed by atoms with Gasteiger partial charge in [0.05, 0.1) is 18.8 Å². The van der Waals surface area contributed by atoms with Gasteiger partial charge in [0.15, 0.2) is 0 Å². The lowest BCUT2D eigenvalue weighted by molar-refractivity contribution is -0.941. The van der Waals surface area contributed by atoms with Crippen molar-refractivity contribution >= 4 is 17.9 Å². The molecule has 2 aliphatic heterocycles. The summed E-state index contributed by atoms with van der Waals surface area (Å²) < 4.78 is 5.25. The van der Waals surface area contributed by atoms with E-state index in [0.29, 0.717) is 38.5 Å². The van der Waals surface area contributed by atoms with Crippen LogP contribution in [0.1, 0.15) is 39.0 Å². The number of amides is 1. The number of hydrogen-bond acceptors (Lipinski definition) is 8. The molecule has 3 heterocycles. The Balaban J connectivity index is 2.03. The fourth-order valence-corrected chi connectivity index (χ4v) is 5.13. The van der Waals surface area contributed by atoms with Crippen LogP contribution >= 0.6 is 0 Å². The molecule has 2 aliphatic rings. The number of quaternary nitrogens is 1. The van der Waals surface area contributed by atoms with Gasteiger partial charge >= 0.3 is 18.1 Å². The smallest absolute Gasteiger partial charge is 0.477 e. The maximum atomic E-state index is 12.6. The molecule has 0 spiro atoms. The van der Waals surface area contributed by atoms with Crippen molar-refractivity contribution in [2.45, 2.75) is 51.7 Å². The largest absolute Gasteiger partial charge is 0.514 e. The molecule has 0 aliphatic carbocycles. The number of carboxylic acids is 1. The van der Waals surface area contributed by atoms with E-state index < -0.39 is 27.6 Å². The van der Waals surface area contributed by atoms with Crippen LogP contribution in [0.15, 0.2) is 0 Å². The standard InChI is InChI=1S/C22H36N6O5/c1-21(2,3)28(20(31)32)11-9-27(14-22(28,4)18(29)30)17-15-7-8-23-13-16(15)24-19(25-17)33-12-10-26(5)6/h23H,7-14H2,1-6H3,(H-,29,30,31,32)/p+1. The number of aromatic nitrogens is 2. The number of rotatable bonds is 6. The summed E-state index contributed by atoms with van der Waals surface area (Å²) in [5.41, 5.74) is -0.601. The highest BCUT2D eigenvalue weighted by molar-refractivity contribution is 5.81. The first kappa shape index (κ1) is 25.1. The number of ether oxygens (including phenoxy) is 1. The van der Waals surface area contributed by atoms with E-state index >= 15 is 0 Å². The minimum atomic E-state index is -1.58. The van der Waals surface area contributed by atoms with Gasteiger partial charge in [0.1, 0.15) is 24.5 Å². The van der Waals surface area contributed by atoms with E-state index in [-0.39, 0.29) is 19.1 Å². The van der Waals surface area contributed by atoms with Crippen molar-refractivity contribution in [3.63, 3.8) is 0 Å². The Kier molecular flexibility index (Phi) is 6.88. The van der Waals surface area contributed by atoms with Gasteiger partial charge in [-0.1, -0.05) is 0 Å². The average Bonchev–Trinajstić information content (AvgIpc) is 2.71. The number of nitrogens with one attached hydrogen (secondary N) is 1. The minimum Gasteiger partial charge on any atom is -0.477 e. The third-order valence-electron chi connectivity index (χ3n) is 6.94. The number of aliphatic carboxylic acids is 1. The molecule has 1 amide bonds. The number of hydrogen-bond donors (Lipinski definition) is 3. The van der Waals surface area contributed by atoms with Crippen LogP contribution in [-0.2, 0) is 17.8 Å². The molecule has 1 aromatic heterocycles. The van der Waals surface area contributed by atoms with Gasteiger partial charge in [0.25, 0.3) is 0 Å². The Bertz CT molecular complexity index is 917.